The zero-order valence-corrected chi connectivity index (χ0v) is 14.8. The number of nitrogens with one attached hydrogen (secondary N) is 1. The van der Waals surface area contributed by atoms with Gasteiger partial charge in [-0.25, -0.2) is 5.84 Å². The van der Waals surface area contributed by atoms with Crippen molar-refractivity contribution in [1.82, 2.24) is 25.2 Å². The number of amides is 1. The third kappa shape index (κ3) is 3.64. The van der Waals surface area contributed by atoms with E-state index in [0.717, 1.165) is 15.7 Å². The number of nitrogens with two attached hydrogens (primary N) is 1. The van der Waals surface area contributed by atoms with Gasteiger partial charge in [-0.3, -0.25) is 19.8 Å². The predicted molar refractivity (Wildman–Crippen MR) is 95.3 cm³/mol. The molecule has 0 saturated heterocycles. The van der Waals surface area contributed by atoms with Gasteiger partial charge in [0.25, 0.3) is 0 Å². The fourth-order valence-corrected chi connectivity index (χ4v) is 3.07. The van der Waals surface area contributed by atoms with Crippen LogP contribution in [0.25, 0.3) is 17.1 Å². The molecule has 2 aromatic heterocycles. The summed E-state index contributed by atoms with van der Waals surface area (Å²) in [6.45, 7) is 0. The van der Waals surface area contributed by atoms with Crippen molar-refractivity contribution >= 4 is 33.6 Å². The first kappa shape index (κ1) is 16.6. The summed E-state index contributed by atoms with van der Waals surface area (Å²) in [5.74, 6) is 5.68. The van der Waals surface area contributed by atoms with E-state index in [4.69, 9.17) is 5.84 Å². The Balaban J connectivity index is 2.05. The summed E-state index contributed by atoms with van der Waals surface area (Å²) in [7, 11) is 0. The largest absolute Gasteiger partial charge is 0.294 e. The highest BCUT2D eigenvalue weighted by Gasteiger charge is 2.17. The third-order valence-electron chi connectivity index (χ3n) is 3.15. The molecule has 24 heavy (non-hydrogen) atoms. The highest BCUT2D eigenvalue weighted by Crippen LogP contribution is 2.28. The molecule has 2 heterocycles. The maximum Gasteiger partial charge on any atom is 0.244 e. The zero-order chi connectivity index (χ0) is 16.9. The molecule has 0 atom stereocenters. The Hall–Kier alpha value is -2.23. The molecule has 3 rings (SSSR count). The second kappa shape index (κ2) is 7.56. The van der Waals surface area contributed by atoms with Gasteiger partial charge in [0.15, 0.2) is 11.0 Å². The van der Waals surface area contributed by atoms with Crippen molar-refractivity contribution in [2.45, 2.75) is 5.16 Å². The van der Waals surface area contributed by atoms with Crippen LogP contribution in [0.4, 0.5) is 0 Å². The standard InChI is InChI=1S/C15H13BrN6OS/c16-11-1-3-12(4-2-11)22-14(10-5-7-18-8-6-10)20-21-15(22)24-9-13(23)19-17/h1-8H,9,17H2,(H,19,23). The molecule has 0 aliphatic rings. The van der Waals surface area contributed by atoms with Gasteiger partial charge in [-0.1, -0.05) is 27.7 Å². The van der Waals surface area contributed by atoms with E-state index in [0.29, 0.717) is 11.0 Å². The number of hydrazine groups is 1. The van der Waals surface area contributed by atoms with Crippen LogP contribution in [-0.4, -0.2) is 31.4 Å². The predicted octanol–water partition coefficient (Wildman–Crippen LogP) is 2.17. The van der Waals surface area contributed by atoms with Crippen LogP contribution in [0.1, 0.15) is 0 Å². The lowest BCUT2D eigenvalue weighted by atomic mass is 10.2. The molecule has 0 radical (unpaired) electrons. The molecule has 0 aliphatic carbocycles. The Morgan fingerprint density at radius 3 is 2.54 bits per heavy atom. The fourth-order valence-electron chi connectivity index (χ4n) is 2.05. The molecule has 1 amide bonds. The number of halogens is 1. The Morgan fingerprint density at radius 1 is 1.17 bits per heavy atom. The molecule has 0 spiro atoms. The number of carbonyl (C=O) groups excluding carboxylic acids is 1. The minimum Gasteiger partial charge on any atom is -0.294 e. The van der Waals surface area contributed by atoms with E-state index in [1.165, 1.54) is 11.8 Å². The molecule has 0 unspecified atom stereocenters. The average molecular weight is 405 g/mol. The molecule has 0 bridgehead atoms. The highest BCUT2D eigenvalue weighted by atomic mass is 79.9. The molecule has 0 fully saturated rings. The van der Waals surface area contributed by atoms with Gasteiger partial charge in [-0.05, 0) is 36.4 Å². The Labute approximate surface area is 150 Å². The normalized spacial score (nSPS) is 10.6. The highest BCUT2D eigenvalue weighted by molar-refractivity contribution is 9.10. The van der Waals surface area contributed by atoms with Crippen molar-refractivity contribution in [2.24, 2.45) is 5.84 Å². The number of aromatic nitrogens is 4. The summed E-state index contributed by atoms with van der Waals surface area (Å²) in [5.41, 5.74) is 3.89. The van der Waals surface area contributed by atoms with Crippen LogP contribution >= 0.6 is 27.7 Å². The van der Waals surface area contributed by atoms with Crippen molar-refractivity contribution in [1.29, 1.82) is 0 Å². The van der Waals surface area contributed by atoms with E-state index in [9.17, 15) is 4.79 Å². The summed E-state index contributed by atoms with van der Waals surface area (Å²) in [4.78, 5) is 15.5. The van der Waals surface area contributed by atoms with E-state index >= 15 is 0 Å². The second-order valence-corrected chi connectivity index (χ2v) is 6.57. The minimum absolute atomic E-state index is 0.154. The number of hydrogen-bond acceptors (Lipinski definition) is 6. The maximum absolute atomic E-state index is 11.4. The van der Waals surface area contributed by atoms with Crippen molar-refractivity contribution in [3.8, 4) is 17.1 Å². The Bertz CT molecular complexity index is 837. The molecule has 1 aromatic carbocycles. The Kier molecular flexibility index (Phi) is 5.24. The first-order valence-corrected chi connectivity index (χ1v) is 8.71. The monoisotopic (exact) mass is 404 g/mol. The molecule has 0 saturated carbocycles. The zero-order valence-electron chi connectivity index (χ0n) is 12.4. The molecule has 122 valence electrons. The van der Waals surface area contributed by atoms with Crippen LogP contribution in [0.5, 0.6) is 0 Å². The lowest BCUT2D eigenvalue weighted by Gasteiger charge is -2.10. The van der Waals surface area contributed by atoms with Gasteiger partial charge >= 0.3 is 0 Å². The molecular weight excluding hydrogens is 392 g/mol. The van der Waals surface area contributed by atoms with Crippen LogP contribution < -0.4 is 11.3 Å². The fraction of sp³-hybridized carbons (Fsp3) is 0.0667. The topological polar surface area (TPSA) is 98.7 Å². The van der Waals surface area contributed by atoms with Crippen LogP contribution in [0, 0.1) is 0 Å². The summed E-state index contributed by atoms with van der Waals surface area (Å²) in [5, 5.41) is 9.10. The summed E-state index contributed by atoms with van der Waals surface area (Å²) in [6, 6.07) is 11.5. The number of nitrogens with zero attached hydrogens (tertiary/aromatic N) is 4. The number of benzene rings is 1. The quantitative estimate of drug-likeness (QED) is 0.292. The first-order chi connectivity index (χ1) is 11.7. The first-order valence-electron chi connectivity index (χ1n) is 6.93. The van der Waals surface area contributed by atoms with Gasteiger partial charge in [-0.2, -0.15) is 0 Å². The molecule has 0 aliphatic heterocycles. The maximum atomic E-state index is 11.4. The second-order valence-electron chi connectivity index (χ2n) is 4.71. The minimum atomic E-state index is -0.282. The lowest BCUT2D eigenvalue weighted by Crippen LogP contribution is -2.31. The van der Waals surface area contributed by atoms with Crippen molar-refractivity contribution < 1.29 is 4.79 Å². The number of rotatable bonds is 5. The lowest BCUT2D eigenvalue weighted by molar-refractivity contribution is -0.118. The van der Waals surface area contributed by atoms with Crippen molar-refractivity contribution in [2.75, 3.05) is 5.75 Å². The van der Waals surface area contributed by atoms with E-state index in [-0.39, 0.29) is 11.7 Å². The van der Waals surface area contributed by atoms with Crippen molar-refractivity contribution in [3.05, 3.63) is 53.3 Å². The van der Waals surface area contributed by atoms with E-state index in [1.54, 1.807) is 12.4 Å². The number of carbonyl (C=O) groups is 1. The number of pyridine rings is 1. The summed E-state index contributed by atoms with van der Waals surface area (Å²) >= 11 is 4.69. The van der Waals surface area contributed by atoms with Gasteiger partial charge < -0.3 is 0 Å². The van der Waals surface area contributed by atoms with E-state index in [1.807, 2.05) is 41.0 Å². The average Bonchev–Trinajstić information content (AvgIpc) is 3.05. The van der Waals surface area contributed by atoms with Crippen LogP contribution in [0.2, 0.25) is 0 Å². The van der Waals surface area contributed by atoms with Gasteiger partial charge in [0.1, 0.15) is 0 Å². The number of hydrogen-bond donors (Lipinski definition) is 2. The summed E-state index contributed by atoms with van der Waals surface area (Å²) in [6.07, 6.45) is 3.40. The summed E-state index contributed by atoms with van der Waals surface area (Å²) < 4.78 is 2.87. The van der Waals surface area contributed by atoms with Gasteiger partial charge in [0.2, 0.25) is 5.91 Å². The molecular formula is C15H13BrN6OS. The molecule has 3 N–H and O–H groups in total. The Morgan fingerprint density at radius 2 is 1.88 bits per heavy atom. The van der Waals surface area contributed by atoms with Gasteiger partial charge in [0.05, 0.1) is 5.75 Å². The van der Waals surface area contributed by atoms with Gasteiger partial charge in [-0.15, -0.1) is 10.2 Å². The smallest absolute Gasteiger partial charge is 0.244 e. The third-order valence-corrected chi connectivity index (χ3v) is 4.61. The SMILES string of the molecule is NNC(=O)CSc1nnc(-c2ccncc2)n1-c1ccc(Br)cc1. The van der Waals surface area contributed by atoms with Crippen LogP contribution in [-0.2, 0) is 4.79 Å². The van der Waals surface area contributed by atoms with Crippen LogP contribution in [0.3, 0.4) is 0 Å². The number of thioether (sulfide) groups is 1. The van der Waals surface area contributed by atoms with Gasteiger partial charge in [0, 0.05) is 28.1 Å². The van der Waals surface area contributed by atoms with E-state index < -0.39 is 0 Å². The van der Waals surface area contributed by atoms with Crippen molar-refractivity contribution in [3.63, 3.8) is 0 Å². The van der Waals surface area contributed by atoms with Crippen LogP contribution in [0.15, 0.2) is 58.4 Å². The van der Waals surface area contributed by atoms with E-state index in [2.05, 4.69) is 36.5 Å². The molecule has 9 heteroatoms. The molecule has 7 nitrogen and oxygen atoms in total. The molecule has 3 aromatic rings.